The van der Waals surface area contributed by atoms with Gasteiger partial charge < -0.3 is 48.4 Å². The van der Waals surface area contributed by atoms with Crippen molar-refractivity contribution in [1.82, 2.24) is 30.2 Å². The average Bonchev–Trinajstić information content (AvgIpc) is 3.58. The fourth-order valence-electron chi connectivity index (χ4n) is 4.53. The number of aromatic nitrogens is 3. The van der Waals surface area contributed by atoms with Crippen LogP contribution in [0.2, 0.25) is 10.3 Å². The van der Waals surface area contributed by atoms with E-state index >= 15 is 0 Å². The molecule has 0 aliphatic carbocycles. The van der Waals surface area contributed by atoms with Crippen LogP contribution in [-0.2, 0) is 11.2 Å². The maximum atomic E-state index is 11.6. The normalized spacial score (nSPS) is 11.3. The van der Waals surface area contributed by atoms with Crippen molar-refractivity contribution in [3.05, 3.63) is 52.5 Å². The predicted molar refractivity (Wildman–Crippen MR) is 203 cm³/mol. The number of hydrogen-bond acceptors (Lipinski definition) is 12. The van der Waals surface area contributed by atoms with E-state index in [0.717, 1.165) is 5.56 Å². The fourth-order valence-corrected chi connectivity index (χ4v) is 4.88. The van der Waals surface area contributed by atoms with Gasteiger partial charge in [0.15, 0.2) is 5.76 Å². The molecule has 294 valence electrons. The van der Waals surface area contributed by atoms with Crippen LogP contribution in [0, 0.1) is 0 Å². The third-order valence-corrected chi connectivity index (χ3v) is 7.20. The number of ether oxygens (including phenoxy) is 5. The monoisotopic (exact) mass is 782 g/mol. The van der Waals surface area contributed by atoms with E-state index in [1.807, 2.05) is 52.0 Å². The molecule has 15 nitrogen and oxygen atoms in total. The minimum atomic E-state index is -0.945. The highest BCUT2D eigenvalue weighted by molar-refractivity contribution is 6.30. The Morgan fingerprint density at radius 1 is 0.943 bits per heavy atom. The van der Waals surface area contributed by atoms with E-state index in [1.165, 1.54) is 18.2 Å². The number of carbonyl (C=O) groups excluding carboxylic acids is 1. The summed E-state index contributed by atoms with van der Waals surface area (Å²) >= 11 is 12.1. The highest BCUT2D eigenvalue weighted by Crippen LogP contribution is 2.38. The van der Waals surface area contributed by atoms with E-state index in [2.05, 4.69) is 20.4 Å². The Labute approximate surface area is 321 Å². The molecule has 0 saturated carbocycles. The first-order valence-corrected chi connectivity index (χ1v) is 17.6. The van der Waals surface area contributed by atoms with Gasteiger partial charge in [-0.05, 0) is 60.6 Å². The van der Waals surface area contributed by atoms with Crippen molar-refractivity contribution in [1.29, 1.82) is 0 Å². The summed E-state index contributed by atoms with van der Waals surface area (Å²) in [5, 5.41) is 16.2. The van der Waals surface area contributed by atoms with Crippen LogP contribution in [0.4, 0.5) is 9.59 Å². The van der Waals surface area contributed by atoms with Crippen molar-refractivity contribution in [3.8, 4) is 34.6 Å². The van der Waals surface area contributed by atoms with E-state index < -0.39 is 23.3 Å². The lowest BCUT2D eigenvalue weighted by Gasteiger charge is -2.33. The summed E-state index contributed by atoms with van der Waals surface area (Å²) in [7, 11) is 6.96. The molecule has 3 aromatic rings. The molecule has 17 heteroatoms. The first-order valence-electron chi connectivity index (χ1n) is 16.8. The quantitative estimate of drug-likeness (QED) is 0.108. The minimum Gasteiger partial charge on any atom is -0.496 e. The maximum Gasteiger partial charge on any atom is 0.407 e. The third kappa shape index (κ3) is 15.9. The first-order chi connectivity index (χ1) is 24.9. The molecule has 3 heterocycles. The average molecular weight is 784 g/mol. The van der Waals surface area contributed by atoms with Crippen LogP contribution in [-0.4, -0.2) is 108 Å². The summed E-state index contributed by atoms with van der Waals surface area (Å²) in [6.45, 7) is 12.4. The van der Waals surface area contributed by atoms with Gasteiger partial charge in [-0.2, -0.15) is 0 Å². The lowest BCUT2D eigenvalue weighted by atomic mass is 10.1. The van der Waals surface area contributed by atoms with E-state index in [-0.39, 0.29) is 16.2 Å². The zero-order chi connectivity index (χ0) is 39.8. The Hall–Kier alpha value is -4.63. The van der Waals surface area contributed by atoms with Crippen molar-refractivity contribution in [2.75, 3.05) is 54.6 Å². The van der Waals surface area contributed by atoms with Crippen molar-refractivity contribution in [3.63, 3.8) is 0 Å². The van der Waals surface area contributed by atoms with E-state index in [4.69, 9.17) is 51.4 Å². The number of nitrogens with one attached hydrogen (secondary N) is 1. The Balaban J connectivity index is 0.000000367. The number of amides is 2. The van der Waals surface area contributed by atoms with Crippen LogP contribution in [0.3, 0.4) is 0 Å². The Kier molecular flexibility index (Phi) is 17.8. The second kappa shape index (κ2) is 21.2. The zero-order valence-corrected chi connectivity index (χ0v) is 33.6. The van der Waals surface area contributed by atoms with Crippen molar-refractivity contribution < 1.29 is 42.9 Å². The van der Waals surface area contributed by atoms with Gasteiger partial charge in [0.25, 0.3) is 0 Å². The number of hydrogen-bond donors (Lipinski definition) is 2. The topological polar surface area (TPSA) is 171 Å². The SMILES string of the molecule is COc1cc(Cl)nc(OCCCN(C(=O)O)C(C)(C)C)c1C/C=C/N(C)C.COc1cc(Cl)nc(OCCCNC(=O)OC(C)(C)C)c1-c1ccno1. The second-order valence-corrected chi connectivity index (χ2v) is 14.4. The number of halogens is 2. The third-order valence-electron chi connectivity index (χ3n) is 6.82. The molecule has 0 aromatic carbocycles. The van der Waals surface area contributed by atoms with Gasteiger partial charge in [0, 0.05) is 57.3 Å². The summed E-state index contributed by atoms with van der Waals surface area (Å²) in [6.07, 6.45) is 5.67. The smallest absolute Gasteiger partial charge is 0.407 e. The number of methoxy groups -OCH3 is 2. The molecule has 2 N–H and O–H groups in total. The molecule has 0 unspecified atom stereocenters. The van der Waals surface area contributed by atoms with Gasteiger partial charge in [-0.25, -0.2) is 19.6 Å². The molecular formula is C36H52Cl2N6O9. The number of carbonyl (C=O) groups is 2. The summed E-state index contributed by atoms with van der Waals surface area (Å²) in [4.78, 5) is 34.8. The Bertz CT molecular complexity index is 1620. The maximum absolute atomic E-state index is 11.6. The van der Waals surface area contributed by atoms with Crippen LogP contribution in [0.25, 0.3) is 11.3 Å². The van der Waals surface area contributed by atoms with Crippen LogP contribution in [0.5, 0.6) is 23.3 Å². The minimum absolute atomic E-state index is 0.229. The highest BCUT2D eigenvalue weighted by atomic mass is 35.5. The number of rotatable bonds is 16. The van der Waals surface area contributed by atoms with E-state index in [9.17, 15) is 14.7 Å². The summed E-state index contributed by atoms with van der Waals surface area (Å²) in [5.74, 6) is 2.19. The van der Waals surface area contributed by atoms with Crippen LogP contribution in [0.1, 0.15) is 59.9 Å². The largest absolute Gasteiger partial charge is 0.496 e. The standard InChI is InChI=1S/C19H30ClN3O4.C17H22ClN3O5/c1-19(2,3)23(18(24)25)11-8-12-27-17-14(9-7-10-22(4)5)15(26-6)13-16(20)21-17;1-17(2,3)25-16(22)19-7-5-9-24-15-14(11-6-8-20-26-11)12(23-4)10-13(18)21-15/h7,10,13H,8-9,11-12H2,1-6H3,(H,24,25);6,8,10H,5,7,9H2,1-4H3,(H,19,22)/b10-7+;. The second-order valence-electron chi connectivity index (χ2n) is 13.6. The molecule has 53 heavy (non-hydrogen) atoms. The molecule has 0 fully saturated rings. The van der Waals surface area contributed by atoms with Gasteiger partial charge in [0.05, 0.1) is 39.2 Å². The summed E-state index contributed by atoms with van der Waals surface area (Å²) < 4.78 is 32.6. The fraction of sp³-hybridized carbons (Fsp3) is 0.528. The number of nitrogens with zero attached hydrogens (tertiary/aromatic N) is 5. The summed E-state index contributed by atoms with van der Waals surface area (Å²) in [6, 6.07) is 4.89. The first kappa shape index (κ1) is 44.5. The molecule has 0 saturated heterocycles. The zero-order valence-electron chi connectivity index (χ0n) is 32.1. The number of pyridine rings is 2. The molecule has 2 amide bonds. The molecule has 3 aromatic heterocycles. The van der Waals surface area contributed by atoms with Gasteiger partial charge >= 0.3 is 12.2 Å². The van der Waals surface area contributed by atoms with Gasteiger partial charge in [0.1, 0.15) is 33.0 Å². The molecule has 0 bridgehead atoms. The molecule has 0 aliphatic heterocycles. The predicted octanol–water partition coefficient (Wildman–Crippen LogP) is 7.60. The lowest BCUT2D eigenvalue weighted by Crippen LogP contribution is -2.45. The molecule has 3 rings (SSSR count). The van der Waals surface area contributed by atoms with Crippen molar-refractivity contribution >= 4 is 35.4 Å². The van der Waals surface area contributed by atoms with Crippen molar-refractivity contribution in [2.45, 2.75) is 71.9 Å². The lowest BCUT2D eigenvalue weighted by molar-refractivity contribution is 0.0525. The van der Waals surface area contributed by atoms with Crippen molar-refractivity contribution in [2.24, 2.45) is 0 Å². The molecule has 0 radical (unpaired) electrons. The van der Waals surface area contributed by atoms with Gasteiger partial charge in [-0.15, -0.1) is 0 Å². The van der Waals surface area contributed by atoms with Gasteiger partial charge in [-0.1, -0.05) is 34.4 Å². The van der Waals surface area contributed by atoms with E-state index in [0.29, 0.717) is 74.3 Å². The van der Waals surface area contributed by atoms with Gasteiger partial charge in [-0.3, -0.25) is 0 Å². The van der Waals surface area contributed by atoms with Crippen LogP contribution < -0.4 is 24.3 Å². The number of carboxylic acid groups (broad SMARTS) is 1. The number of allylic oxidation sites excluding steroid dienone is 1. The van der Waals surface area contributed by atoms with Gasteiger partial charge in [0.2, 0.25) is 11.8 Å². The molecule has 0 atom stereocenters. The Morgan fingerprint density at radius 3 is 2.09 bits per heavy atom. The summed E-state index contributed by atoms with van der Waals surface area (Å²) in [5.41, 5.74) is 0.319. The molecular weight excluding hydrogens is 731 g/mol. The van der Waals surface area contributed by atoms with E-state index in [1.54, 1.807) is 46.1 Å². The van der Waals surface area contributed by atoms with Crippen LogP contribution in [0.15, 0.2) is 41.2 Å². The van der Waals surface area contributed by atoms with Crippen LogP contribution >= 0.6 is 23.2 Å². The molecule has 0 aliphatic rings. The highest BCUT2D eigenvalue weighted by Gasteiger charge is 2.25. The molecule has 0 spiro atoms. The Morgan fingerprint density at radius 2 is 1.55 bits per heavy atom. The number of alkyl carbamates (subject to hydrolysis) is 1.